The fourth-order valence-electron chi connectivity index (χ4n) is 1.17. The van der Waals surface area contributed by atoms with E-state index in [1.807, 2.05) is 13.8 Å². The Morgan fingerprint density at radius 3 is 1.50 bits per heavy atom. The Hall–Kier alpha value is 0. The van der Waals surface area contributed by atoms with Crippen molar-refractivity contribution in [3.8, 4) is 0 Å². The van der Waals surface area contributed by atoms with Crippen molar-refractivity contribution in [2.75, 3.05) is 0 Å². The van der Waals surface area contributed by atoms with Crippen LogP contribution in [0, 0.1) is 11.8 Å². The molecule has 0 aromatic heterocycles. The predicted molar refractivity (Wildman–Crippen MR) is 59.5 cm³/mol. The molecule has 1 rings (SSSR count). The van der Waals surface area contributed by atoms with Gasteiger partial charge < -0.3 is 0 Å². The molecule has 1 aliphatic rings. The largest absolute Gasteiger partial charge is 0.0683 e. The Bertz CT molecular complexity index is 66.4. The third-order valence-electron chi connectivity index (χ3n) is 1.94. The van der Waals surface area contributed by atoms with Crippen molar-refractivity contribution in [2.45, 2.75) is 67.2 Å². The molecule has 0 nitrogen and oxygen atoms in total. The number of hydrogen-bond acceptors (Lipinski definition) is 0. The quantitative estimate of drug-likeness (QED) is 0.556. The predicted octanol–water partition coefficient (Wildman–Crippen LogP) is 4.89. The Morgan fingerprint density at radius 2 is 1.42 bits per heavy atom. The molecule has 2 unspecified atom stereocenters. The van der Waals surface area contributed by atoms with Crippen LogP contribution < -0.4 is 0 Å². The van der Waals surface area contributed by atoms with Crippen molar-refractivity contribution in [3.63, 3.8) is 0 Å². The van der Waals surface area contributed by atoms with E-state index < -0.39 is 0 Å². The third kappa shape index (κ3) is 10.0. The van der Waals surface area contributed by atoms with Crippen LogP contribution in [0.25, 0.3) is 0 Å². The molecule has 12 heavy (non-hydrogen) atoms. The van der Waals surface area contributed by atoms with Crippen LogP contribution in [0.15, 0.2) is 0 Å². The van der Waals surface area contributed by atoms with E-state index in [1.165, 1.54) is 25.7 Å². The van der Waals surface area contributed by atoms with Gasteiger partial charge in [-0.05, 0) is 18.3 Å². The summed E-state index contributed by atoms with van der Waals surface area (Å²) in [6.45, 7) is 12.9. The summed E-state index contributed by atoms with van der Waals surface area (Å²) in [6, 6.07) is 0. The van der Waals surface area contributed by atoms with Gasteiger partial charge in [-0.25, -0.2) is 0 Å². The Kier molecular flexibility index (Phi) is 13.3. The first-order valence-electron chi connectivity index (χ1n) is 5.76. The molecule has 0 bridgehead atoms. The van der Waals surface area contributed by atoms with Crippen LogP contribution in [-0.2, 0) is 0 Å². The van der Waals surface area contributed by atoms with E-state index in [4.69, 9.17) is 0 Å². The highest BCUT2D eigenvalue weighted by Crippen LogP contribution is 2.40. The van der Waals surface area contributed by atoms with Crippen molar-refractivity contribution >= 4 is 0 Å². The first kappa shape index (κ1) is 14.5. The number of rotatable bonds is 2. The second kappa shape index (κ2) is 11.0. The molecule has 0 N–H and O–H groups in total. The summed E-state index contributed by atoms with van der Waals surface area (Å²) in [4.78, 5) is 0. The molecule has 76 valence electrons. The topological polar surface area (TPSA) is 0 Å². The highest BCUT2D eigenvalue weighted by Gasteiger charge is 2.30. The fraction of sp³-hybridized carbons (Fsp3) is 1.00. The van der Waals surface area contributed by atoms with Crippen LogP contribution >= 0.6 is 0 Å². The molecule has 2 atom stereocenters. The molecule has 0 aromatic rings. The third-order valence-corrected chi connectivity index (χ3v) is 1.94. The molecule has 0 heteroatoms. The van der Waals surface area contributed by atoms with Crippen LogP contribution in [0.3, 0.4) is 0 Å². The molecular formula is C12H28. The van der Waals surface area contributed by atoms with Crippen LogP contribution in [0.2, 0.25) is 0 Å². The fourth-order valence-corrected chi connectivity index (χ4v) is 1.17. The van der Waals surface area contributed by atoms with Gasteiger partial charge in [-0.2, -0.15) is 0 Å². The standard InChI is InChI=1S/C7H14.C3H8.C2H6/c1-3-4-7-5-6(7)2;1-3-2;1-2/h6-7H,3-5H2,1-2H3;3H2,1-2H3;1-2H3. The van der Waals surface area contributed by atoms with E-state index in [-0.39, 0.29) is 0 Å². The van der Waals surface area contributed by atoms with E-state index >= 15 is 0 Å². The molecule has 0 spiro atoms. The van der Waals surface area contributed by atoms with Gasteiger partial charge in [0.2, 0.25) is 0 Å². The highest BCUT2D eigenvalue weighted by atomic mass is 14.4. The lowest BCUT2D eigenvalue weighted by Gasteiger charge is -1.86. The molecule has 0 aromatic carbocycles. The monoisotopic (exact) mass is 172 g/mol. The zero-order valence-corrected chi connectivity index (χ0v) is 9.98. The molecule has 0 radical (unpaired) electrons. The normalized spacial score (nSPS) is 24.5. The molecule has 0 heterocycles. The van der Waals surface area contributed by atoms with E-state index in [0.29, 0.717) is 0 Å². The molecule has 0 aliphatic heterocycles. The van der Waals surface area contributed by atoms with E-state index in [9.17, 15) is 0 Å². The maximum atomic E-state index is 2.35. The van der Waals surface area contributed by atoms with Crippen molar-refractivity contribution in [1.29, 1.82) is 0 Å². The molecule has 1 saturated carbocycles. The Balaban J connectivity index is 0. The minimum absolute atomic E-state index is 1.07. The zero-order chi connectivity index (χ0) is 9.98. The lowest BCUT2D eigenvalue weighted by molar-refractivity contribution is 0.659. The Labute approximate surface area is 79.8 Å². The first-order chi connectivity index (χ1) is 5.76. The second-order valence-electron chi connectivity index (χ2n) is 3.47. The summed E-state index contributed by atoms with van der Waals surface area (Å²) in [6.07, 6.45) is 5.62. The van der Waals surface area contributed by atoms with Crippen LogP contribution in [-0.4, -0.2) is 0 Å². The van der Waals surface area contributed by atoms with Gasteiger partial charge in [-0.3, -0.25) is 0 Å². The van der Waals surface area contributed by atoms with Gasteiger partial charge in [0.05, 0.1) is 0 Å². The maximum Gasteiger partial charge on any atom is -0.0386 e. The van der Waals surface area contributed by atoms with E-state index in [2.05, 4.69) is 27.7 Å². The van der Waals surface area contributed by atoms with Gasteiger partial charge in [0.15, 0.2) is 0 Å². The highest BCUT2D eigenvalue weighted by molar-refractivity contribution is 4.81. The lowest BCUT2D eigenvalue weighted by Crippen LogP contribution is -1.74. The van der Waals surface area contributed by atoms with Crippen LogP contribution in [0.4, 0.5) is 0 Å². The summed E-state index contributed by atoms with van der Waals surface area (Å²) in [7, 11) is 0. The van der Waals surface area contributed by atoms with Crippen molar-refractivity contribution < 1.29 is 0 Å². The summed E-state index contributed by atoms with van der Waals surface area (Å²) in [5, 5.41) is 0. The first-order valence-corrected chi connectivity index (χ1v) is 5.76. The van der Waals surface area contributed by atoms with Gasteiger partial charge in [0, 0.05) is 0 Å². The van der Waals surface area contributed by atoms with Crippen LogP contribution in [0.1, 0.15) is 67.2 Å². The number of hydrogen-bond donors (Lipinski definition) is 0. The lowest BCUT2D eigenvalue weighted by atomic mass is 10.2. The second-order valence-corrected chi connectivity index (χ2v) is 3.47. The molecule has 0 amide bonds. The summed E-state index contributed by atoms with van der Waals surface area (Å²) >= 11 is 0. The van der Waals surface area contributed by atoms with Gasteiger partial charge >= 0.3 is 0 Å². The van der Waals surface area contributed by atoms with Crippen LogP contribution in [0.5, 0.6) is 0 Å². The van der Waals surface area contributed by atoms with Gasteiger partial charge in [-0.1, -0.05) is 60.8 Å². The van der Waals surface area contributed by atoms with Gasteiger partial charge in [0.25, 0.3) is 0 Å². The van der Waals surface area contributed by atoms with Crippen molar-refractivity contribution in [1.82, 2.24) is 0 Å². The molecular weight excluding hydrogens is 144 g/mol. The molecule has 1 fully saturated rings. The summed E-state index contributed by atoms with van der Waals surface area (Å²) < 4.78 is 0. The van der Waals surface area contributed by atoms with Gasteiger partial charge in [0.1, 0.15) is 0 Å². The van der Waals surface area contributed by atoms with Crippen molar-refractivity contribution in [2.24, 2.45) is 11.8 Å². The molecule has 1 aliphatic carbocycles. The Morgan fingerprint density at radius 1 is 1.08 bits per heavy atom. The average molecular weight is 172 g/mol. The minimum atomic E-state index is 1.07. The average Bonchev–Trinajstić information content (AvgIpc) is 2.73. The maximum absolute atomic E-state index is 2.35. The summed E-state index contributed by atoms with van der Waals surface area (Å²) in [5.41, 5.74) is 0. The smallest absolute Gasteiger partial charge is 0.0386 e. The summed E-state index contributed by atoms with van der Waals surface area (Å²) in [5.74, 6) is 2.19. The van der Waals surface area contributed by atoms with Gasteiger partial charge in [-0.15, -0.1) is 0 Å². The minimum Gasteiger partial charge on any atom is -0.0683 e. The van der Waals surface area contributed by atoms with E-state index in [1.54, 1.807) is 0 Å². The SMILES string of the molecule is CC.CCC.CCCC1CC1C. The zero-order valence-electron chi connectivity index (χ0n) is 9.98. The van der Waals surface area contributed by atoms with E-state index in [0.717, 1.165) is 11.8 Å². The van der Waals surface area contributed by atoms with Crippen molar-refractivity contribution in [3.05, 3.63) is 0 Å². The molecule has 0 saturated heterocycles.